The Labute approximate surface area is 138 Å². The normalized spacial score (nSPS) is 21.9. The van der Waals surface area contributed by atoms with Crippen molar-refractivity contribution in [2.45, 2.75) is 51.0 Å². The van der Waals surface area contributed by atoms with E-state index in [1.165, 1.54) is 0 Å². The largest absolute Gasteiger partial charge is 0.382 e. The minimum Gasteiger partial charge on any atom is -0.382 e. The molecule has 0 spiro atoms. The summed E-state index contributed by atoms with van der Waals surface area (Å²) in [6.45, 7) is 6.06. The lowest BCUT2D eigenvalue weighted by molar-refractivity contribution is -0.0622. The third kappa shape index (κ3) is 3.47. The Hall–Kier alpha value is -1.46. The third-order valence-electron chi connectivity index (χ3n) is 3.80. The van der Waals surface area contributed by atoms with Crippen LogP contribution in [0.15, 0.2) is 36.3 Å². The summed E-state index contributed by atoms with van der Waals surface area (Å²) in [5.41, 5.74) is 4.58. The average Bonchev–Trinajstić information content (AvgIpc) is 2.52. The summed E-state index contributed by atoms with van der Waals surface area (Å²) in [5.74, 6) is 0. The van der Waals surface area contributed by atoms with Crippen LogP contribution in [0, 0.1) is 0 Å². The predicted molar refractivity (Wildman–Crippen MR) is 93.5 cm³/mol. The number of aromatic nitrogens is 1. The third-order valence-corrected chi connectivity index (χ3v) is 4.35. The van der Waals surface area contributed by atoms with E-state index in [2.05, 4.69) is 27.9 Å². The minimum atomic E-state index is -0.401. The fraction of sp³-hybridized carbons (Fsp3) is 0.529. The van der Waals surface area contributed by atoms with Crippen LogP contribution in [-0.2, 0) is 10.3 Å². The van der Waals surface area contributed by atoms with E-state index >= 15 is 0 Å². The molecule has 4 nitrogen and oxygen atoms in total. The predicted octanol–water partition coefficient (Wildman–Crippen LogP) is 3.25. The topological polar surface area (TPSA) is 46.2 Å². The molecule has 0 fully saturated rings. The van der Waals surface area contributed by atoms with Gasteiger partial charge in [0, 0.05) is 19.4 Å². The van der Waals surface area contributed by atoms with Gasteiger partial charge in [-0.25, -0.2) is 0 Å². The van der Waals surface area contributed by atoms with Crippen molar-refractivity contribution in [3.05, 3.63) is 41.9 Å². The molecule has 1 aliphatic carbocycles. The number of rotatable bonds is 4. The number of hydrogen-bond acceptors (Lipinski definition) is 4. The average molecular weight is 319 g/mol. The van der Waals surface area contributed by atoms with Crippen LogP contribution in [0.4, 0.5) is 0 Å². The molecule has 0 saturated carbocycles. The van der Waals surface area contributed by atoms with E-state index in [0.29, 0.717) is 0 Å². The quantitative estimate of drug-likeness (QED) is 0.659. The number of hydrogen-bond donors (Lipinski definition) is 2. The number of nitrogens with one attached hydrogen (secondary N) is 2. The van der Waals surface area contributed by atoms with Gasteiger partial charge in [0.25, 0.3) is 0 Å². The van der Waals surface area contributed by atoms with E-state index in [1.807, 2.05) is 40.1 Å². The molecule has 0 saturated heterocycles. The van der Waals surface area contributed by atoms with Gasteiger partial charge < -0.3 is 5.32 Å². The van der Waals surface area contributed by atoms with E-state index in [4.69, 9.17) is 17.1 Å². The lowest BCUT2D eigenvalue weighted by atomic mass is 9.71. The number of allylic oxidation sites excluding steroid dienone is 1. The molecule has 0 aromatic carbocycles. The summed E-state index contributed by atoms with van der Waals surface area (Å²) in [6, 6.07) is 4.03. The Kier molecular flexibility index (Phi) is 5.19. The zero-order valence-corrected chi connectivity index (χ0v) is 14.6. The van der Waals surface area contributed by atoms with Gasteiger partial charge in [-0.05, 0) is 51.7 Å². The molecule has 2 N–H and O–H groups in total. The van der Waals surface area contributed by atoms with E-state index in [9.17, 15) is 0 Å². The zero-order chi connectivity index (χ0) is 16.2. The van der Waals surface area contributed by atoms with Gasteiger partial charge in [0.1, 0.15) is 0 Å². The highest BCUT2D eigenvalue weighted by Gasteiger charge is 2.42. The highest BCUT2D eigenvalue weighted by molar-refractivity contribution is 7.80. The summed E-state index contributed by atoms with van der Waals surface area (Å²) >= 11 is 5.68. The Bertz CT molecular complexity index is 551. The summed E-state index contributed by atoms with van der Waals surface area (Å²) < 4.78 is 0. The summed E-state index contributed by atoms with van der Waals surface area (Å²) in [5, 5.41) is 3.17. The molecule has 0 aliphatic heterocycles. The summed E-state index contributed by atoms with van der Waals surface area (Å²) in [6.07, 6.45) is 8.89. The number of thiocarbonyl (C=S) groups is 1. The van der Waals surface area contributed by atoms with Gasteiger partial charge in [-0.15, -0.1) is 0 Å². The Morgan fingerprint density at radius 2 is 2.18 bits per heavy atom. The van der Waals surface area contributed by atoms with Crippen molar-refractivity contribution in [2.75, 3.05) is 7.05 Å². The van der Waals surface area contributed by atoms with Gasteiger partial charge in [0.15, 0.2) is 0 Å². The van der Waals surface area contributed by atoms with E-state index < -0.39 is 5.41 Å². The lowest BCUT2D eigenvalue weighted by Gasteiger charge is -2.40. The molecule has 1 heterocycles. The van der Waals surface area contributed by atoms with Gasteiger partial charge in [-0.1, -0.05) is 24.4 Å². The van der Waals surface area contributed by atoms with Crippen LogP contribution in [0.2, 0.25) is 0 Å². The highest BCUT2D eigenvalue weighted by Crippen LogP contribution is 2.40. The Morgan fingerprint density at radius 3 is 2.77 bits per heavy atom. The second-order valence-corrected chi connectivity index (χ2v) is 6.96. The number of hydroxylamine groups is 1. The molecule has 2 rings (SSSR count). The fourth-order valence-corrected chi connectivity index (χ4v) is 3.08. The molecule has 0 radical (unpaired) electrons. The Morgan fingerprint density at radius 1 is 1.41 bits per heavy atom. The standard InChI is InChI=1S/C17H25N3OS/c1-16(2,3)21-20-14-9-5-6-10-17(14,15(22)18-4)13-8-7-11-19-12-13/h7-9,11-12,20H,5-6,10H2,1-4H3,(H,18,22). The molecule has 0 bridgehead atoms. The first-order valence-corrected chi connectivity index (χ1v) is 8.08. The highest BCUT2D eigenvalue weighted by atomic mass is 32.1. The van der Waals surface area contributed by atoms with Crippen LogP contribution in [0.25, 0.3) is 0 Å². The molecule has 0 amide bonds. The van der Waals surface area contributed by atoms with Gasteiger partial charge in [-0.2, -0.15) is 0 Å². The lowest BCUT2D eigenvalue weighted by Crippen LogP contribution is -2.49. The molecule has 1 aliphatic rings. The fourth-order valence-electron chi connectivity index (χ4n) is 2.75. The number of likely N-dealkylation sites (N-methyl/N-ethyl adjacent to an activating group) is 1. The van der Waals surface area contributed by atoms with Gasteiger partial charge in [0.2, 0.25) is 0 Å². The molecule has 1 aromatic heterocycles. The van der Waals surface area contributed by atoms with Crippen molar-refractivity contribution in [1.29, 1.82) is 0 Å². The van der Waals surface area contributed by atoms with E-state index in [0.717, 1.165) is 35.5 Å². The van der Waals surface area contributed by atoms with Gasteiger partial charge in [-0.3, -0.25) is 15.3 Å². The molecule has 1 unspecified atom stereocenters. The van der Waals surface area contributed by atoms with Crippen LogP contribution in [-0.4, -0.2) is 22.6 Å². The van der Waals surface area contributed by atoms with Crippen LogP contribution in [0.3, 0.4) is 0 Å². The second-order valence-electron chi connectivity index (χ2n) is 6.55. The first-order valence-electron chi connectivity index (χ1n) is 7.67. The molecule has 1 atom stereocenters. The van der Waals surface area contributed by atoms with Crippen molar-refractivity contribution in [2.24, 2.45) is 0 Å². The van der Waals surface area contributed by atoms with E-state index in [1.54, 1.807) is 6.20 Å². The molecule has 1 aromatic rings. The summed E-state index contributed by atoms with van der Waals surface area (Å²) in [7, 11) is 1.87. The molecular weight excluding hydrogens is 294 g/mol. The minimum absolute atomic E-state index is 0.278. The van der Waals surface area contributed by atoms with Crippen molar-refractivity contribution in [3.63, 3.8) is 0 Å². The maximum Gasteiger partial charge on any atom is 0.0919 e. The summed E-state index contributed by atoms with van der Waals surface area (Å²) in [4.78, 5) is 10.9. The van der Waals surface area contributed by atoms with Gasteiger partial charge in [0.05, 0.1) is 21.7 Å². The maximum absolute atomic E-state index is 5.81. The second kappa shape index (κ2) is 6.75. The SMILES string of the molecule is CNC(=S)C1(c2cccnc2)CCCC=C1NOC(C)(C)C. The van der Waals surface area contributed by atoms with Crippen molar-refractivity contribution in [3.8, 4) is 0 Å². The van der Waals surface area contributed by atoms with E-state index in [-0.39, 0.29) is 5.60 Å². The maximum atomic E-state index is 5.81. The molecular formula is C17H25N3OS. The van der Waals surface area contributed by atoms with Crippen LogP contribution < -0.4 is 10.8 Å². The first kappa shape index (κ1) is 16.9. The van der Waals surface area contributed by atoms with Crippen LogP contribution >= 0.6 is 12.2 Å². The van der Waals surface area contributed by atoms with Crippen molar-refractivity contribution < 1.29 is 4.84 Å². The molecule has 5 heteroatoms. The van der Waals surface area contributed by atoms with Crippen molar-refractivity contribution in [1.82, 2.24) is 15.8 Å². The number of nitrogens with zero attached hydrogens (tertiary/aromatic N) is 1. The van der Waals surface area contributed by atoms with Crippen LogP contribution in [0.1, 0.15) is 45.6 Å². The number of pyridine rings is 1. The molecule has 22 heavy (non-hydrogen) atoms. The Balaban J connectivity index is 2.43. The smallest absolute Gasteiger partial charge is 0.0919 e. The molecule has 120 valence electrons. The zero-order valence-electron chi connectivity index (χ0n) is 13.8. The van der Waals surface area contributed by atoms with Gasteiger partial charge >= 0.3 is 0 Å². The first-order chi connectivity index (χ1) is 10.4. The van der Waals surface area contributed by atoms with Crippen molar-refractivity contribution >= 4 is 17.2 Å². The van der Waals surface area contributed by atoms with Crippen LogP contribution in [0.5, 0.6) is 0 Å². The monoisotopic (exact) mass is 319 g/mol.